The van der Waals surface area contributed by atoms with Gasteiger partial charge in [-0.2, -0.15) is 0 Å². The summed E-state index contributed by atoms with van der Waals surface area (Å²) < 4.78 is 13.3. The molecule has 0 radical (unpaired) electrons. The molecule has 0 saturated heterocycles. The first kappa shape index (κ1) is 15.5. The molecule has 0 saturated carbocycles. The first-order chi connectivity index (χ1) is 10.1. The van der Waals surface area contributed by atoms with Gasteiger partial charge in [-0.1, -0.05) is 18.3 Å². The zero-order valence-electron chi connectivity index (χ0n) is 11.9. The molecule has 0 bridgehead atoms. The van der Waals surface area contributed by atoms with Crippen molar-refractivity contribution >= 4 is 17.2 Å². The van der Waals surface area contributed by atoms with E-state index in [4.69, 9.17) is 18.0 Å². The van der Waals surface area contributed by atoms with Crippen molar-refractivity contribution in [1.82, 2.24) is 9.88 Å². The largest absolute Gasteiger partial charge is 0.389 e. The summed E-state index contributed by atoms with van der Waals surface area (Å²) in [5.41, 5.74) is 8.46. The predicted molar refractivity (Wildman–Crippen MR) is 86.6 cm³/mol. The van der Waals surface area contributed by atoms with E-state index in [1.807, 2.05) is 19.2 Å². The molecule has 0 aliphatic rings. The van der Waals surface area contributed by atoms with Crippen LogP contribution in [0.15, 0.2) is 42.7 Å². The van der Waals surface area contributed by atoms with Crippen LogP contribution in [0.5, 0.6) is 0 Å². The van der Waals surface area contributed by atoms with Crippen molar-refractivity contribution in [3.8, 4) is 0 Å². The molecule has 1 heterocycles. The highest BCUT2D eigenvalue weighted by atomic mass is 32.1. The monoisotopic (exact) mass is 303 g/mol. The molecule has 2 N–H and O–H groups in total. The van der Waals surface area contributed by atoms with Crippen LogP contribution in [0.1, 0.15) is 16.7 Å². The van der Waals surface area contributed by atoms with Crippen molar-refractivity contribution in [1.29, 1.82) is 0 Å². The van der Waals surface area contributed by atoms with E-state index >= 15 is 0 Å². The van der Waals surface area contributed by atoms with Crippen LogP contribution in [0.25, 0.3) is 0 Å². The number of benzene rings is 1. The minimum Gasteiger partial charge on any atom is -0.389 e. The van der Waals surface area contributed by atoms with E-state index in [9.17, 15) is 4.39 Å². The van der Waals surface area contributed by atoms with Gasteiger partial charge in [-0.25, -0.2) is 4.39 Å². The lowest BCUT2D eigenvalue weighted by Crippen LogP contribution is -2.23. The Bertz CT molecular complexity index is 616. The number of thiocarbonyl (C=S) groups is 1. The lowest BCUT2D eigenvalue weighted by molar-refractivity contribution is 0.331. The van der Waals surface area contributed by atoms with Crippen molar-refractivity contribution in [2.75, 3.05) is 13.6 Å². The molecule has 110 valence electrons. The molecular weight excluding hydrogens is 285 g/mol. The van der Waals surface area contributed by atoms with Crippen LogP contribution in [-0.2, 0) is 13.0 Å². The highest BCUT2D eigenvalue weighted by molar-refractivity contribution is 7.80. The van der Waals surface area contributed by atoms with Crippen LogP contribution in [0.3, 0.4) is 0 Å². The maximum Gasteiger partial charge on any atom is 0.123 e. The maximum absolute atomic E-state index is 13.3. The van der Waals surface area contributed by atoms with Crippen LogP contribution in [0, 0.1) is 5.82 Å². The molecule has 2 aromatic rings. The quantitative estimate of drug-likeness (QED) is 0.833. The first-order valence-electron chi connectivity index (χ1n) is 6.72. The molecule has 3 nitrogen and oxygen atoms in total. The Morgan fingerprint density at radius 3 is 2.67 bits per heavy atom. The van der Waals surface area contributed by atoms with Gasteiger partial charge in [0, 0.05) is 31.0 Å². The van der Waals surface area contributed by atoms with Gasteiger partial charge in [0.2, 0.25) is 0 Å². The summed E-state index contributed by atoms with van der Waals surface area (Å²) in [7, 11) is 2.02. The average Bonchev–Trinajstić information content (AvgIpc) is 2.48. The fourth-order valence-electron chi connectivity index (χ4n) is 2.16. The molecule has 0 spiro atoms. The molecule has 1 aromatic carbocycles. The lowest BCUT2D eigenvalue weighted by Gasteiger charge is -2.18. The Morgan fingerprint density at radius 2 is 2.00 bits per heavy atom. The Hall–Kier alpha value is -1.85. The van der Waals surface area contributed by atoms with Crippen LogP contribution >= 0.6 is 12.2 Å². The van der Waals surface area contributed by atoms with Crippen LogP contribution < -0.4 is 5.73 Å². The summed E-state index contributed by atoms with van der Waals surface area (Å²) in [5, 5.41) is 0. The molecule has 0 unspecified atom stereocenters. The Balaban J connectivity index is 1.99. The Kier molecular flexibility index (Phi) is 5.36. The highest BCUT2D eigenvalue weighted by Crippen LogP contribution is 2.14. The summed E-state index contributed by atoms with van der Waals surface area (Å²) in [6, 6.07) is 8.59. The highest BCUT2D eigenvalue weighted by Gasteiger charge is 2.09. The van der Waals surface area contributed by atoms with Crippen molar-refractivity contribution < 1.29 is 4.39 Å². The number of pyridine rings is 1. The van der Waals surface area contributed by atoms with Gasteiger partial charge in [0.1, 0.15) is 10.8 Å². The van der Waals surface area contributed by atoms with Crippen molar-refractivity contribution in [3.05, 3.63) is 65.2 Å². The van der Waals surface area contributed by atoms with Crippen molar-refractivity contribution in [2.24, 2.45) is 5.73 Å². The molecular formula is C16H18FN3S. The van der Waals surface area contributed by atoms with Crippen LogP contribution in [-0.4, -0.2) is 28.5 Å². The number of aromatic nitrogens is 1. The molecule has 0 aliphatic carbocycles. The second kappa shape index (κ2) is 7.24. The fourth-order valence-corrected chi connectivity index (χ4v) is 2.35. The fraction of sp³-hybridized carbons (Fsp3) is 0.250. The van der Waals surface area contributed by atoms with Crippen LogP contribution in [0.4, 0.5) is 4.39 Å². The van der Waals surface area contributed by atoms with Gasteiger partial charge in [0.05, 0.1) is 0 Å². The van der Waals surface area contributed by atoms with Crippen molar-refractivity contribution in [2.45, 2.75) is 13.0 Å². The predicted octanol–water partition coefficient (Wildman–Crippen LogP) is 2.53. The number of halogens is 1. The molecule has 21 heavy (non-hydrogen) atoms. The summed E-state index contributed by atoms with van der Waals surface area (Å²) in [6.07, 6.45) is 4.52. The van der Waals surface area contributed by atoms with E-state index in [1.165, 1.54) is 17.7 Å². The van der Waals surface area contributed by atoms with E-state index in [2.05, 4.69) is 9.88 Å². The second-order valence-electron chi connectivity index (χ2n) is 5.01. The molecule has 1 aromatic heterocycles. The average molecular weight is 303 g/mol. The molecule has 0 aliphatic heterocycles. The zero-order chi connectivity index (χ0) is 15.2. The number of hydrogen-bond donors (Lipinski definition) is 1. The zero-order valence-corrected chi connectivity index (χ0v) is 12.7. The minimum atomic E-state index is -0.319. The number of hydrogen-bond acceptors (Lipinski definition) is 3. The Morgan fingerprint density at radius 1 is 1.29 bits per heavy atom. The normalized spacial score (nSPS) is 10.8. The number of nitrogens with two attached hydrogens (primary N) is 1. The van der Waals surface area contributed by atoms with Gasteiger partial charge in [-0.3, -0.25) is 4.98 Å². The second-order valence-corrected chi connectivity index (χ2v) is 5.45. The van der Waals surface area contributed by atoms with E-state index in [-0.39, 0.29) is 10.8 Å². The SMILES string of the molecule is CN(CCc1ccncc1)Cc1ccc(F)cc1C(N)=S. The van der Waals surface area contributed by atoms with Crippen molar-refractivity contribution in [3.63, 3.8) is 0 Å². The standard InChI is InChI=1S/C16H18FN3S/c1-20(9-6-12-4-7-19-8-5-12)11-13-2-3-14(17)10-15(13)16(18)21/h2-5,7-8,10H,6,9,11H2,1H3,(H2,18,21). The van der Waals surface area contributed by atoms with Gasteiger partial charge in [0.15, 0.2) is 0 Å². The van der Waals surface area contributed by atoms with Gasteiger partial charge in [-0.05, 0) is 48.9 Å². The summed E-state index contributed by atoms with van der Waals surface area (Å²) in [5.74, 6) is -0.319. The topological polar surface area (TPSA) is 42.2 Å². The minimum absolute atomic E-state index is 0.229. The molecule has 5 heteroatoms. The number of nitrogens with zero attached hydrogens (tertiary/aromatic N) is 2. The maximum atomic E-state index is 13.3. The molecule has 0 amide bonds. The van der Waals surface area contributed by atoms with Gasteiger partial charge >= 0.3 is 0 Å². The van der Waals surface area contributed by atoms with Gasteiger partial charge < -0.3 is 10.6 Å². The third kappa shape index (κ3) is 4.58. The van der Waals surface area contributed by atoms with Gasteiger partial charge in [-0.15, -0.1) is 0 Å². The summed E-state index contributed by atoms with van der Waals surface area (Å²) >= 11 is 4.99. The Labute approximate surface area is 129 Å². The van der Waals surface area contributed by atoms with E-state index in [0.29, 0.717) is 12.1 Å². The third-order valence-electron chi connectivity index (χ3n) is 3.31. The van der Waals surface area contributed by atoms with Crippen LogP contribution in [0.2, 0.25) is 0 Å². The summed E-state index contributed by atoms with van der Waals surface area (Å²) in [4.78, 5) is 6.39. The molecule has 0 fully saturated rings. The third-order valence-corrected chi connectivity index (χ3v) is 3.53. The first-order valence-corrected chi connectivity index (χ1v) is 7.13. The smallest absolute Gasteiger partial charge is 0.123 e. The lowest BCUT2D eigenvalue weighted by atomic mass is 10.1. The number of rotatable bonds is 6. The van der Waals surface area contributed by atoms with E-state index < -0.39 is 0 Å². The molecule has 2 rings (SSSR count). The van der Waals surface area contributed by atoms with Gasteiger partial charge in [0.25, 0.3) is 0 Å². The number of likely N-dealkylation sites (N-methyl/N-ethyl adjacent to an activating group) is 1. The molecule has 0 atom stereocenters. The summed E-state index contributed by atoms with van der Waals surface area (Å²) in [6.45, 7) is 1.57. The van der Waals surface area contributed by atoms with E-state index in [1.54, 1.807) is 18.5 Å². The van der Waals surface area contributed by atoms with E-state index in [0.717, 1.165) is 18.5 Å².